The van der Waals surface area contributed by atoms with Crippen LogP contribution in [0.3, 0.4) is 0 Å². The second-order valence-electron chi connectivity index (χ2n) is 5.13. The summed E-state index contributed by atoms with van der Waals surface area (Å²) in [5.74, 6) is -0.142. The zero-order valence-electron chi connectivity index (χ0n) is 9.59. The van der Waals surface area contributed by atoms with Crippen molar-refractivity contribution >= 4 is 5.69 Å². The smallest absolute Gasteiger partial charge is 0.125 e. The van der Waals surface area contributed by atoms with E-state index in [-0.39, 0.29) is 11.2 Å². The number of halogens is 1. The van der Waals surface area contributed by atoms with Crippen LogP contribution >= 0.6 is 0 Å². The van der Waals surface area contributed by atoms with Crippen molar-refractivity contribution in [1.29, 1.82) is 0 Å². The molecular weight excluding hydrogens is 203 g/mol. The molecule has 0 amide bonds. The van der Waals surface area contributed by atoms with E-state index >= 15 is 0 Å². The maximum absolute atomic E-state index is 13.1. The topological polar surface area (TPSA) is 15.3 Å². The van der Waals surface area contributed by atoms with E-state index in [1.165, 1.54) is 18.4 Å². The Balaban J connectivity index is 1.96. The number of hydrogen-bond acceptors (Lipinski definition) is 2. The number of nitrogens with one attached hydrogen (secondary N) is 1. The Bertz CT molecular complexity index is 408. The summed E-state index contributed by atoms with van der Waals surface area (Å²) >= 11 is 0. The summed E-state index contributed by atoms with van der Waals surface area (Å²) in [5, 5.41) is 3.36. The molecule has 2 aliphatic rings. The summed E-state index contributed by atoms with van der Waals surface area (Å²) in [7, 11) is 2.17. The normalized spacial score (nSPS) is 23.1. The van der Waals surface area contributed by atoms with Crippen LogP contribution in [0.5, 0.6) is 0 Å². The first kappa shape index (κ1) is 10.1. The number of nitrogens with zero attached hydrogens (tertiary/aromatic N) is 1. The van der Waals surface area contributed by atoms with Gasteiger partial charge in [0, 0.05) is 17.6 Å². The van der Waals surface area contributed by atoms with Crippen LogP contribution in [0.25, 0.3) is 0 Å². The zero-order chi connectivity index (χ0) is 11.2. The number of likely N-dealkylation sites (tertiary alicyclic amines) is 1. The van der Waals surface area contributed by atoms with Gasteiger partial charge < -0.3 is 10.2 Å². The number of fused-ring (bicyclic) bond motifs is 2. The highest BCUT2D eigenvalue weighted by molar-refractivity contribution is 5.60. The number of rotatable bonds is 0. The lowest BCUT2D eigenvalue weighted by molar-refractivity contribution is 0.200. The molecule has 1 saturated heterocycles. The number of hydrogen-bond donors (Lipinski definition) is 1. The van der Waals surface area contributed by atoms with Gasteiger partial charge in [-0.05, 0) is 50.7 Å². The van der Waals surface area contributed by atoms with Crippen LogP contribution in [0, 0.1) is 5.82 Å². The molecule has 1 fully saturated rings. The zero-order valence-corrected chi connectivity index (χ0v) is 9.59. The highest BCUT2D eigenvalue weighted by Gasteiger charge is 2.40. The maximum Gasteiger partial charge on any atom is 0.125 e. The van der Waals surface area contributed by atoms with E-state index in [0.29, 0.717) is 0 Å². The van der Waals surface area contributed by atoms with Crippen molar-refractivity contribution in [3.8, 4) is 0 Å². The first-order valence-electron chi connectivity index (χ1n) is 5.92. The van der Waals surface area contributed by atoms with E-state index in [2.05, 4.69) is 17.3 Å². The molecule has 1 aromatic carbocycles. The highest BCUT2D eigenvalue weighted by atomic mass is 19.1. The van der Waals surface area contributed by atoms with Crippen LogP contribution in [-0.2, 0) is 5.41 Å². The van der Waals surface area contributed by atoms with Crippen molar-refractivity contribution < 1.29 is 4.39 Å². The molecule has 0 unspecified atom stereocenters. The molecule has 2 heterocycles. The van der Waals surface area contributed by atoms with Gasteiger partial charge in [-0.15, -0.1) is 0 Å². The molecule has 2 nitrogen and oxygen atoms in total. The third-order valence-electron chi connectivity index (χ3n) is 4.11. The van der Waals surface area contributed by atoms with E-state index in [1.54, 1.807) is 12.1 Å². The van der Waals surface area contributed by atoms with E-state index in [0.717, 1.165) is 25.3 Å². The van der Waals surface area contributed by atoms with Crippen LogP contribution in [0.2, 0.25) is 0 Å². The average molecular weight is 220 g/mol. The Kier molecular flexibility index (Phi) is 2.18. The lowest BCUT2D eigenvalue weighted by Crippen LogP contribution is -2.42. The minimum absolute atomic E-state index is 0.142. The van der Waals surface area contributed by atoms with Crippen molar-refractivity contribution in [3.05, 3.63) is 29.6 Å². The minimum atomic E-state index is -0.142. The Hall–Kier alpha value is -1.09. The van der Waals surface area contributed by atoms with E-state index in [9.17, 15) is 4.39 Å². The second-order valence-corrected chi connectivity index (χ2v) is 5.13. The van der Waals surface area contributed by atoms with Gasteiger partial charge in [0.05, 0.1) is 0 Å². The molecule has 0 saturated carbocycles. The molecule has 3 heteroatoms. The molecule has 0 atom stereocenters. The van der Waals surface area contributed by atoms with Crippen molar-refractivity contribution in [3.63, 3.8) is 0 Å². The maximum atomic E-state index is 13.1. The van der Waals surface area contributed by atoms with E-state index in [1.807, 2.05) is 6.07 Å². The Morgan fingerprint density at radius 1 is 1.31 bits per heavy atom. The minimum Gasteiger partial charge on any atom is -0.384 e. The van der Waals surface area contributed by atoms with Crippen molar-refractivity contribution in [1.82, 2.24) is 4.90 Å². The van der Waals surface area contributed by atoms with E-state index < -0.39 is 0 Å². The first-order valence-corrected chi connectivity index (χ1v) is 5.92. The summed E-state index contributed by atoms with van der Waals surface area (Å²) in [6.07, 6.45) is 2.35. The van der Waals surface area contributed by atoms with Gasteiger partial charge in [0.25, 0.3) is 0 Å². The Labute approximate surface area is 95.4 Å². The first-order chi connectivity index (χ1) is 7.70. The Morgan fingerprint density at radius 3 is 2.81 bits per heavy atom. The predicted molar refractivity (Wildman–Crippen MR) is 63.3 cm³/mol. The van der Waals surface area contributed by atoms with Crippen LogP contribution in [0.15, 0.2) is 18.2 Å². The van der Waals surface area contributed by atoms with Gasteiger partial charge in [0.2, 0.25) is 0 Å². The van der Waals surface area contributed by atoms with Crippen molar-refractivity contribution in [2.75, 3.05) is 32.0 Å². The molecule has 0 aliphatic carbocycles. The van der Waals surface area contributed by atoms with Crippen molar-refractivity contribution in [2.24, 2.45) is 0 Å². The van der Waals surface area contributed by atoms with Gasteiger partial charge in [0.1, 0.15) is 5.82 Å². The standard InChI is InChI=1S/C13H17FN2/c1-16-6-4-13(5-7-16)9-15-12-8-10(14)2-3-11(12)13/h2-3,8,15H,4-7,9H2,1H3. The third kappa shape index (κ3) is 1.42. The van der Waals surface area contributed by atoms with Crippen molar-refractivity contribution in [2.45, 2.75) is 18.3 Å². The van der Waals surface area contributed by atoms with Gasteiger partial charge in [0.15, 0.2) is 0 Å². The highest BCUT2D eigenvalue weighted by Crippen LogP contribution is 2.43. The van der Waals surface area contributed by atoms with Gasteiger partial charge in [-0.3, -0.25) is 0 Å². The molecule has 1 aromatic rings. The monoisotopic (exact) mass is 220 g/mol. The van der Waals surface area contributed by atoms with Crippen LogP contribution in [0.1, 0.15) is 18.4 Å². The van der Waals surface area contributed by atoms with Gasteiger partial charge in [-0.2, -0.15) is 0 Å². The number of anilines is 1. The fourth-order valence-electron chi connectivity index (χ4n) is 2.98. The fraction of sp³-hybridized carbons (Fsp3) is 0.538. The van der Waals surface area contributed by atoms with Gasteiger partial charge >= 0.3 is 0 Å². The van der Waals surface area contributed by atoms with E-state index in [4.69, 9.17) is 0 Å². The number of benzene rings is 1. The molecule has 16 heavy (non-hydrogen) atoms. The predicted octanol–water partition coefficient (Wildman–Crippen LogP) is 2.21. The molecule has 0 bridgehead atoms. The second kappa shape index (κ2) is 3.45. The average Bonchev–Trinajstić information content (AvgIpc) is 2.62. The summed E-state index contributed by atoms with van der Waals surface area (Å²) in [6, 6.07) is 5.18. The van der Waals surface area contributed by atoms with Gasteiger partial charge in [-0.25, -0.2) is 4.39 Å². The van der Waals surface area contributed by atoms with Gasteiger partial charge in [-0.1, -0.05) is 6.07 Å². The molecule has 1 spiro atoms. The lowest BCUT2D eigenvalue weighted by Gasteiger charge is -2.37. The summed E-state index contributed by atoms with van der Waals surface area (Å²) in [6.45, 7) is 3.25. The van der Waals surface area contributed by atoms with Crippen LogP contribution < -0.4 is 5.32 Å². The summed E-state index contributed by atoms with van der Waals surface area (Å²) in [5.41, 5.74) is 2.58. The third-order valence-corrected chi connectivity index (χ3v) is 4.11. The Morgan fingerprint density at radius 2 is 2.06 bits per heavy atom. The molecule has 0 radical (unpaired) electrons. The number of piperidine rings is 1. The summed E-state index contributed by atoms with van der Waals surface area (Å²) in [4.78, 5) is 2.37. The SMILES string of the molecule is CN1CCC2(CC1)CNc1cc(F)ccc12. The molecule has 2 aliphatic heterocycles. The fourth-order valence-corrected chi connectivity index (χ4v) is 2.98. The lowest BCUT2D eigenvalue weighted by atomic mass is 9.74. The molecule has 3 rings (SSSR count). The summed E-state index contributed by atoms with van der Waals surface area (Å²) < 4.78 is 13.1. The molecule has 1 N–H and O–H groups in total. The largest absolute Gasteiger partial charge is 0.384 e. The molecular formula is C13H17FN2. The quantitative estimate of drug-likeness (QED) is 0.721. The van der Waals surface area contributed by atoms with Crippen LogP contribution in [-0.4, -0.2) is 31.6 Å². The molecule has 0 aromatic heterocycles. The van der Waals surface area contributed by atoms with Crippen LogP contribution in [0.4, 0.5) is 10.1 Å². The molecule has 86 valence electrons.